The second-order valence-corrected chi connectivity index (χ2v) is 3.18. The molecule has 0 N–H and O–H groups in total. The van der Waals surface area contributed by atoms with Crippen molar-refractivity contribution in [2.45, 2.75) is 0 Å². The Balaban J connectivity index is 2.91. The molecule has 0 bridgehead atoms. The first-order valence-electron chi connectivity index (χ1n) is 4.85. The number of anilines is 1. The molecule has 0 saturated heterocycles. The van der Waals surface area contributed by atoms with Gasteiger partial charge in [-0.15, -0.1) is 0 Å². The van der Waals surface area contributed by atoms with E-state index in [1.165, 1.54) is 26.2 Å². The third-order valence-corrected chi connectivity index (χ3v) is 2.02. The highest BCUT2D eigenvalue weighted by atomic mass is 16.5. The molecule has 17 heavy (non-hydrogen) atoms. The van der Waals surface area contributed by atoms with Crippen molar-refractivity contribution in [2.24, 2.45) is 0 Å². The Bertz CT molecular complexity index is 375. The molecule has 0 amide bonds. The number of methoxy groups -OCH3 is 3. The van der Waals surface area contributed by atoms with Gasteiger partial charge in [0.25, 0.3) is 0 Å². The molecular weight excluding hydrogens is 226 g/mol. The number of hydrogen-bond donors (Lipinski definition) is 0. The summed E-state index contributed by atoms with van der Waals surface area (Å²) in [5.41, 5.74) is 0. The summed E-state index contributed by atoms with van der Waals surface area (Å²) in [6.07, 6.45) is 0. The summed E-state index contributed by atoms with van der Waals surface area (Å²) in [5.74, 6) is 0.677. The second kappa shape index (κ2) is 5.88. The second-order valence-electron chi connectivity index (χ2n) is 3.18. The number of carbonyl (C=O) groups is 1. The van der Waals surface area contributed by atoms with Crippen molar-refractivity contribution in [1.82, 2.24) is 9.97 Å². The molecule has 0 radical (unpaired) electrons. The summed E-state index contributed by atoms with van der Waals surface area (Å²) in [6, 6.07) is 1.55. The molecular formula is C10H15N3O4. The van der Waals surface area contributed by atoms with Gasteiger partial charge in [0.2, 0.25) is 17.7 Å². The van der Waals surface area contributed by atoms with Crippen LogP contribution < -0.4 is 14.4 Å². The smallest absolute Gasteiger partial charge is 0.325 e. The molecule has 0 aliphatic carbocycles. The minimum Gasteiger partial charge on any atom is -0.481 e. The Morgan fingerprint density at radius 2 is 1.76 bits per heavy atom. The van der Waals surface area contributed by atoms with Gasteiger partial charge in [-0.1, -0.05) is 0 Å². The molecule has 0 atom stereocenters. The molecule has 0 aliphatic heterocycles. The van der Waals surface area contributed by atoms with Crippen molar-refractivity contribution in [2.75, 3.05) is 39.8 Å². The van der Waals surface area contributed by atoms with E-state index in [0.29, 0.717) is 17.7 Å². The average molecular weight is 241 g/mol. The highest BCUT2D eigenvalue weighted by Crippen LogP contribution is 2.19. The number of aromatic nitrogens is 2. The molecule has 94 valence electrons. The highest BCUT2D eigenvalue weighted by molar-refractivity contribution is 5.74. The Kier molecular flexibility index (Phi) is 4.50. The maximum absolute atomic E-state index is 11.1. The number of hydrogen-bond acceptors (Lipinski definition) is 7. The molecule has 0 spiro atoms. The van der Waals surface area contributed by atoms with Crippen molar-refractivity contribution in [3.8, 4) is 11.8 Å². The zero-order valence-electron chi connectivity index (χ0n) is 10.3. The van der Waals surface area contributed by atoms with Crippen molar-refractivity contribution in [1.29, 1.82) is 0 Å². The third kappa shape index (κ3) is 3.47. The summed E-state index contributed by atoms with van der Waals surface area (Å²) >= 11 is 0. The molecule has 0 unspecified atom stereocenters. The monoisotopic (exact) mass is 241 g/mol. The van der Waals surface area contributed by atoms with Gasteiger partial charge < -0.3 is 19.1 Å². The van der Waals surface area contributed by atoms with Crippen molar-refractivity contribution in [3.05, 3.63) is 6.07 Å². The van der Waals surface area contributed by atoms with E-state index in [2.05, 4.69) is 14.7 Å². The van der Waals surface area contributed by atoms with Crippen LogP contribution >= 0.6 is 0 Å². The maximum atomic E-state index is 11.1. The number of rotatable bonds is 5. The number of carbonyl (C=O) groups excluding carboxylic acids is 1. The van der Waals surface area contributed by atoms with Crippen LogP contribution in [-0.2, 0) is 9.53 Å². The molecule has 0 aromatic carbocycles. The van der Waals surface area contributed by atoms with Gasteiger partial charge in [-0.05, 0) is 0 Å². The fourth-order valence-electron chi connectivity index (χ4n) is 1.10. The van der Waals surface area contributed by atoms with E-state index in [0.717, 1.165) is 0 Å². The standard InChI is InChI=1S/C10H15N3O4/c1-13(6-9(14)17-4)10-11-7(15-2)5-8(12-10)16-3/h5H,6H2,1-4H3. The summed E-state index contributed by atoms with van der Waals surface area (Å²) in [4.78, 5) is 20.8. The molecule has 1 heterocycles. The van der Waals surface area contributed by atoms with Crippen LogP contribution in [0.3, 0.4) is 0 Å². The molecule has 1 aromatic heterocycles. The summed E-state index contributed by atoms with van der Waals surface area (Å²) in [5, 5.41) is 0. The Hall–Kier alpha value is -2.05. The van der Waals surface area contributed by atoms with Gasteiger partial charge in [-0.3, -0.25) is 4.79 Å². The molecule has 1 rings (SSSR count). The van der Waals surface area contributed by atoms with E-state index < -0.39 is 0 Å². The van der Waals surface area contributed by atoms with E-state index >= 15 is 0 Å². The van der Waals surface area contributed by atoms with Gasteiger partial charge in [0, 0.05) is 7.05 Å². The van der Waals surface area contributed by atoms with Gasteiger partial charge in [-0.25, -0.2) is 0 Å². The number of likely N-dealkylation sites (N-methyl/N-ethyl adjacent to an activating group) is 1. The molecule has 0 fully saturated rings. The number of nitrogens with zero attached hydrogens (tertiary/aromatic N) is 3. The predicted octanol–water partition coefficient (Wildman–Crippen LogP) is 0.103. The normalized spacial score (nSPS) is 9.65. The fraction of sp³-hybridized carbons (Fsp3) is 0.500. The molecule has 1 aromatic rings. The quantitative estimate of drug-likeness (QED) is 0.677. The Morgan fingerprint density at radius 1 is 1.24 bits per heavy atom. The highest BCUT2D eigenvalue weighted by Gasteiger charge is 2.13. The number of esters is 1. The van der Waals surface area contributed by atoms with Crippen molar-refractivity contribution in [3.63, 3.8) is 0 Å². The first-order valence-corrected chi connectivity index (χ1v) is 4.85. The third-order valence-electron chi connectivity index (χ3n) is 2.02. The van der Waals surface area contributed by atoms with E-state index in [1.807, 2.05) is 0 Å². The van der Waals surface area contributed by atoms with Crippen LogP contribution in [-0.4, -0.2) is 50.9 Å². The van der Waals surface area contributed by atoms with E-state index in [9.17, 15) is 4.79 Å². The SMILES string of the molecule is COC(=O)CN(C)c1nc(OC)cc(OC)n1. The lowest BCUT2D eigenvalue weighted by Crippen LogP contribution is -2.28. The van der Waals surface area contributed by atoms with Gasteiger partial charge >= 0.3 is 5.97 Å². The summed E-state index contributed by atoms with van der Waals surface area (Å²) in [6.45, 7) is 0.0484. The predicted molar refractivity (Wildman–Crippen MR) is 60.4 cm³/mol. The van der Waals surface area contributed by atoms with Crippen molar-refractivity contribution >= 4 is 11.9 Å². The number of ether oxygens (including phenoxy) is 3. The van der Waals surface area contributed by atoms with Gasteiger partial charge in [-0.2, -0.15) is 9.97 Å². The minimum absolute atomic E-state index is 0.0484. The largest absolute Gasteiger partial charge is 0.481 e. The minimum atomic E-state index is -0.377. The molecule has 0 aliphatic rings. The average Bonchev–Trinajstić information content (AvgIpc) is 2.37. The molecule has 7 heteroatoms. The molecule has 7 nitrogen and oxygen atoms in total. The summed E-state index contributed by atoms with van der Waals surface area (Å²) in [7, 11) is 5.98. The van der Waals surface area contributed by atoms with Crippen molar-refractivity contribution < 1.29 is 19.0 Å². The zero-order chi connectivity index (χ0) is 12.8. The Morgan fingerprint density at radius 3 is 2.18 bits per heavy atom. The van der Waals surface area contributed by atoms with Gasteiger partial charge in [0.1, 0.15) is 6.54 Å². The van der Waals surface area contributed by atoms with Gasteiger partial charge in [0.15, 0.2) is 0 Å². The van der Waals surface area contributed by atoms with E-state index in [-0.39, 0.29) is 12.5 Å². The van der Waals surface area contributed by atoms with E-state index in [4.69, 9.17) is 9.47 Å². The topological polar surface area (TPSA) is 73.8 Å². The van der Waals surface area contributed by atoms with Crippen LogP contribution in [0, 0.1) is 0 Å². The van der Waals surface area contributed by atoms with Gasteiger partial charge in [0.05, 0.1) is 27.4 Å². The Labute approximate surface area is 99.3 Å². The lowest BCUT2D eigenvalue weighted by molar-refractivity contribution is -0.138. The summed E-state index contributed by atoms with van der Waals surface area (Å²) < 4.78 is 14.6. The molecule has 0 saturated carbocycles. The van der Waals surface area contributed by atoms with Crippen LogP contribution in [0.25, 0.3) is 0 Å². The lowest BCUT2D eigenvalue weighted by Gasteiger charge is -2.16. The lowest BCUT2D eigenvalue weighted by atomic mass is 10.5. The first-order chi connectivity index (χ1) is 8.10. The van der Waals surface area contributed by atoms with Crippen LogP contribution in [0.5, 0.6) is 11.8 Å². The first kappa shape index (κ1) is 13.0. The zero-order valence-corrected chi connectivity index (χ0v) is 10.3. The van der Waals surface area contributed by atoms with Crippen LogP contribution in [0.4, 0.5) is 5.95 Å². The maximum Gasteiger partial charge on any atom is 0.325 e. The van der Waals surface area contributed by atoms with Crippen LogP contribution in [0.2, 0.25) is 0 Å². The van der Waals surface area contributed by atoms with E-state index in [1.54, 1.807) is 13.1 Å². The fourth-order valence-corrected chi connectivity index (χ4v) is 1.10. The van der Waals surface area contributed by atoms with Crippen LogP contribution in [0.1, 0.15) is 0 Å². The van der Waals surface area contributed by atoms with Crippen LogP contribution in [0.15, 0.2) is 6.07 Å².